The molecular formula is C11H13BrN2OS. The number of hydrogen-bond acceptors (Lipinski definition) is 2. The minimum Gasteiger partial charge on any atom is -0.389 e. The van der Waals surface area contributed by atoms with E-state index in [1.807, 2.05) is 13.0 Å². The third-order valence-corrected chi connectivity index (χ3v) is 2.71. The van der Waals surface area contributed by atoms with E-state index >= 15 is 0 Å². The van der Waals surface area contributed by atoms with Crippen LogP contribution in [0.5, 0.6) is 0 Å². The van der Waals surface area contributed by atoms with E-state index < -0.39 is 0 Å². The van der Waals surface area contributed by atoms with Gasteiger partial charge in [0.05, 0.1) is 5.69 Å². The fourth-order valence-electron chi connectivity index (χ4n) is 1.27. The number of nitrogens with two attached hydrogens (primary N) is 1. The van der Waals surface area contributed by atoms with Crippen molar-refractivity contribution >= 4 is 44.7 Å². The van der Waals surface area contributed by atoms with E-state index in [0.717, 1.165) is 10.9 Å². The molecule has 0 heterocycles. The van der Waals surface area contributed by atoms with E-state index in [1.165, 1.54) is 0 Å². The normalized spacial score (nSPS) is 9.88. The monoisotopic (exact) mass is 300 g/mol. The molecular weight excluding hydrogens is 288 g/mol. The minimum atomic E-state index is -0.0256. The molecule has 0 bridgehead atoms. The Kier molecular flexibility index (Phi) is 4.89. The van der Waals surface area contributed by atoms with Crippen molar-refractivity contribution < 1.29 is 4.79 Å². The molecule has 0 radical (unpaired) electrons. The largest absolute Gasteiger partial charge is 0.389 e. The molecule has 0 atom stereocenters. The van der Waals surface area contributed by atoms with Gasteiger partial charge >= 0.3 is 0 Å². The van der Waals surface area contributed by atoms with Crippen molar-refractivity contribution in [2.45, 2.75) is 19.8 Å². The Morgan fingerprint density at radius 3 is 2.81 bits per heavy atom. The van der Waals surface area contributed by atoms with Crippen LogP contribution in [0.4, 0.5) is 5.69 Å². The summed E-state index contributed by atoms with van der Waals surface area (Å²) < 4.78 is 0.879. The summed E-state index contributed by atoms with van der Waals surface area (Å²) in [5.41, 5.74) is 6.93. The lowest BCUT2D eigenvalue weighted by Crippen LogP contribution is -2.17. The Labute approximate surface area is 109 Å². The van der Waals surface area contributed by atoms with Crippen LogP contribution in [0.2, 0.25) is 0 Å². The highest BCUT2D eigenvalue weighted by atomic mass is 79.9. The first-order valence-corrected chi connectivity index (χ1v) is 6.14. The van der Waals surface area contributed by atoms with Crippen LogP contribution in [0, 0.1) is 0 Å². The van der Waals surface area contributed by atoms with E-state index in [9.17, 15) is 4.79 Å². The predicted octanol–water partition coefficient (Wildman–Crippen LogP) is 2.82. The number of amides is 1. The van der Waals surface area contributed by atoms with Crippen molar-refractivity contribution in [1.29, 1.82) is 0 Å². The Morgan fingerprint density at radius 2 is 2.25 bits per heavy atom. The standard InChI is InChI=1S/C11H13BrN2OS/c1-2-3-10(15)14-9-5-4-7(12)6-8(9)11(13)16/h4-6H,2-3H2,1H3,(H2,13,16)(H,14,15). The van der Waals surface area contributed by atoms with Crippen LogP contribution in [0.3, 0.4) is 0 Å². The molecule has 0 aliphatic heterocycles. The summed E-state index contributed by atoms with van der Waals surface area (Å²) in [6.45, 7) is 1.95. The molecule has 0 saturated carbocycles. The summed E-state index contributed by atoms with van der Waals surface area (Å²) >= 11 is 8.27. The fourth-order valence-corrected chi connectivity index (χ4v) is 1.80. The second kappa shape index (κ2) is 5.96. The van der Waals surface area contributed by atoms with Crippen LogP contribution in [0.1, 0.15) is 25.3 Å². The number of hydrogen-bond donors (Lipinski definition) is 2. The maximum atomic E-state index is 11.5. The van der Waals surface area contributed by atoms with Gasteiger partial charge in [0.2, 0.25) is 5.91 Å². The van der Waals surface area contributed by atoms with Gasteiger partial charge < -0.3 is 11.1 Å². The number of rotatable bonds is 4. The predicted molar refractivity (Wildman–Crippen MR) is 73.6 cm³/mol. The highest BCUT2D eigenvalue weighted by molar-refractivity contribution is 9.10. The van der Waals surface area contributed by atoms with E-state index in [2.05, 4.69) is 21.2 Å². The lowest BCUT2D eigenvalue weighted by atomic mass is 10.1. The number of nitrogens with one attached hydrogen (secondary N) is 1. The van der Waals surface area contributed by atoms with Crippen LogP contribution in [0.15, 0.2) is 22.7 Å². The highest BCUT2D eigenvalue weighted by Crippen LogP contribution is 2.21. The van der Waals surface area contributed by atoms with Crippen molar-refractivity contribution in [3.63, 3.8) is 0 Å². The zero-order chi connectivity index (χ0) is 12.1. The first kappa shape index (κ1) is 13.1. The topological polar surface area (TPSA) is 55.1 Å². The van der Waals surface area contributed by atoms with Crippen molar-refractivity contribution in [1.82, 2.24) is 0 Å². The summed E-state index contributed by atoms with van der Waals surface area (Å²) in [6, 6.07) is 5.42. The van der Waals surface area contributed by atoms with E-state index in [-0.39, 0.29) is 10.9 Å². The lowest BCUT2D eigenvalue weighted by Gasteiger charge is -2.10. The van der Waals surface area contributed by atoms with Crippen LogP contribution in [-0.4, -0.2) is 10.9 Å². The summed E-state index contributed by atoms with van der Waals surface area (Å²) in [4.78, 5) is 11.7. The fraction of sp³-hybridized carbons (Fsp3) is 0.273. The molecule has 3 nitrogen and oxygen atoms in total. The van der Waals surface area contributed by atoms with Gasteiger partial charge in [-0.25, -0.2) is 0 Å². The van der Waals surface area contributed by atoms with Crippen molar-refractivity contribution in [3.8, 4) is 0 Å². The second-order valence-corrected chi connectivity index (χ2v) is 4.71. The molecule has 3 N–H and O–H groups in total. The molecule has 0 aliphatic carbocycles. The number of benzene rings is 1. The number of anilines is 1. The molecule has 0 aromatic heterocycles. The molecule has 1 aromatic rings. The van der Waals surface area contributed by atoms with Crippen LogP contribution in [-0.2, 0) is 4.79 Å². The number of thiocarbonyl (C=S) groups is 1. The quantitative estimate of drug-likeness (QED) is 0.841. The van der Waals surface area contributed by atoms with Crippen molar-refractivity contribution in [2.75, 3.05) is 5.32 Å². The molecule has 86 valence electrons. The molecule has 5 heteroatoms. The first-order chi connectivity index (χ1) is 7.54. The Balaban J connectivity index is 2.95. The minimum absolute atomic E-state index is 0.0256. The average molecular weight is 301 g/mol. The lowest BCUT2D eigenvalue weighted by molar-refractivity contribution is -0.116. The summed E-state index contributed by atoms with van der Waals surface area (Å²) in [6.07, 6.45) is 1.30. The van der Waals surface area contributed by atoms with Gasteiger partial charge in [-0.05, 0) is 24.6 Å². The number of carbonyl (C=O) groups is 1. The van der Waals surface area contributed by atoms with Crippen molar-refractivity contribution in [2.24, 2.45) is 5.73 Å². The van der Waals surface area contributed by atoms with Gasteiger partial charge in [-0.2, -0.15) is 0 Å². The zero-order valence-corrected chi connectivity index (χ0v) is 11.3. The summed E-state index contributed by atoms with van der Waals surface area (Å²) in [5, 5.41) is 2.79. The van der Waals surface area contributed by atoms with Crippen LogP contribution < -0.4 is 11.1 Å². The van der Waals surface area contributed by atoms with Gasteiger partial charge in [0.15, 0.2) is 0 Å². The van der Waals surface area contributed by atoms with E-state index in [4.69, 9.17) is 18.0 Å². The SMILES string of the molecule is CCCC(=O)Nc1ccc(Br)cc1C(N)=S. The van der Waals surface area contributed by atoms with Gasteiger partial charge in [0.25, 0.3) is 0 Å². The molecule has 16 heavy (non-hydrogen) atoms. The molecule has 0 fully saturated rings. The molecule has 1 amide bonds. The highest BCUT2D eigenvalue weighted by Gasteiger charge is 2.08. The maximum Gasteiger partial charge on any atom is 0.224 e. The summed E-state index contributed by atoms with van der Waals surface area (Å²) in [5.74, 6) is -0.0256. The number of halogens is 1. The van der Waals surface area contributed by atoms with Gasteiger partial charge in [-0.15, -0.1) is 0 Å². The van der Waals surface area contributed by atoms with Crippen molar-refractivity contribution in [3.05, 3.63) is 28.2 Å². The van der Waals surface area contributed by atoms with E-state index in [0.29, 0.717) is 17.7 Å². The third kappa shape index (κ3) is 3.57. The molecule has 0 spiro atoms. The van der Waals surface area contributed by atoms with Gasteiger partial charge in [0, 0.05) is 16.5 Å². The smallest absolute Gasteiger partial charge is 0.224 e. The Hall–Kier alpha value is -0.940. The second-order valence-electron chi connectivity index (χ2n) is 3.35. The van der Waals surface area contributed by atoms with Gasteiger partial charge in [0.1, 0.15) is 4.99 Å². The number of carbonyl (C=O) groups excluding carboxylic acids is 1. The average Bonchev–Trinajstić information content (AvgIpc) is 2.20. The van der Waals surface area contributed by atoms with Crippen LogP contribution in [0.25, 0.3) is 0 Å². The van der Waals surface area contributed by atoms with Gasteiger partial charge in [-0.3, -0.25) is 4.79 Å². The molecule has 0 saturated heterocycles. The molecule has 1 rings (SSSR count). The maximum absolute atomic E-state index is 11.5. The van der Waals surface area contributed by atoms with Crippen LogP contribution >= 0.6 is 28.1 Å². The third-order valence-electron chi connectivity index (χ3n) is 2.00. The Morgan fingerprint density at radius 1 is 1.56 bits per heavy atom. The zero-order valence-electron chi connectivity index (χ0n) is 8.92. The molecule has 0 aliphatic rings. The first-order valence-electron chi connectivity index (χ1n) is 4.93. The summed E-state index contributed by atoms with van der Waals surface area (Å²) in [7, 11) is 0. The van der Waals surface area contributed by atoms with Gasteiger partial charge in [-0.1, -0.05) is 35.1 Å². The Bertz CT molecular complexity index is 420. The molecule has 1 aromatic carbocycles. The van der Waals surface area contributed by atoms with E-state index in [1.54, 1.807) is 12.1 Å². The molecule has 0 unspecified atom stereocenters.